The Kier molecular flexibility index (Phi) is 5.93. The van der Waals surface area contributed by atoms with Gasteiger partial charge in [0.25, 0.3) is 0 Å². The smallest absolute Gasteiger partial charge is 0.170 e. The van der Waals surface area contributed by atoms with Crippen LogP contribution in [-0.4, -0.2) is 14.5 Å². The van der Waals surface area contributed by atoms with Crippen molar-refractivity contribution in [1.29, 1.82) is 0 Å². The third kappa shape index (κ3) is 3.67. The second-order valence-corrected chi connectivity index (χ2v) is 7.60. The van der Waals surface area contributed by atoms with E-state index >= 15 is 0 Å². The molecule has 0 bridgehead atoms. The van der Waals surface area contributed by atoms with Crippen molar-refractivity contribution in [2.75, 3.05) is 0 Å². The average Bonchev–Trinajstić information content (AvgIpc) is 3.56. The summed E-state index contributed by atoms with van der Waals surface area (Å²) in [7, 11) is 0. The molecule has 4 nitrogen and oxygen atoms in total. The number of benzene rings is 4. The van der Waals surface area contributed by atoms with E-state index in [1.165, 1.54) is 12.5 Å². The van der Waals surface area contributed by atoms with E-state index in [0.717, 1.165) is 27.9 Å². The Morgan fingerprint density at radius 1 is 0.794 bits per heavy atom. The number of para-hydroxylation sites is 1. The summed E-state index contributed by atoms with van der Waals surface area (Å²) in [5.41, 5.74) is 6.30. The summed E-state index contributed by atoms with van der Waals surface area (Å²) in [6.45, 7) is 0. The molecule has 0 fully saturated rings. The fourth-order valence-electron chi connectivity index (χ4n) is 4.21. The van der Waals surface area contributed by atoms with Crippen molar-refractivity contribution in [3.63, 3.8) is 0 Å². The summed E-state index contributed by atoms with van der Waals surface area (Å²) in [5, 5.41) is 0. The standard InChI is InChI=1S/C28H17FN3O.Ir/c29-24-15-14-23(25-27(24)33-18-31-25)28-30-16-17-32(28)26-21(19-8-3-1-4-9-19)12-7-13-22(26)20-10-5-2-6-11-20;/h1-13,15-18H;/q-1;. The maximum atomic E-state index is 14.2. The van der Waals surface area contributed by atoms with Gasteiger partial charge in [-0.3, -0.25) is 14.4 Å². The molecule has 0 aliphatic carbocycles. The van der Waals surface area contributed by atoms with Crippen LogP contribution < -0.4 is 0 Å². The van der Waals surface area contributed by atoms with E-state index in [1.807, 2.05) is 47.2 Å². The molecule has 0 N–H and O–H groups in total. The topological polar surface area (TPSA) is 43.9 Å². The second kappa shape index (κ2) is 9.18. The normalized spacial score (nSPS) is 10.9. The molecular formula is C28H17FIrN3O-. The van der Waals surface area contributed by atoms with Crippen molar-refractivity contribution in [1.82, 2.24) is 14.5 Å². The van der Waals surface area contributed by atoms with E-state index in [2.05, 4.69) is 58.5 Å². The summed E-state index contributed by atoms with van der Waals surface area (Å²) in [5.74, 6) is 0.105. The van der Waals surface area contributed by atoms with Gasteiger partial charge in [-0.15, -0.1) is 12.1 Å². The van der Waals surface area contributed by atoms with E-state index < -0.39 is 5.82 Å². The Morgan fingerprint density at radius 3 is 2.09 bits per heavy atom. The molecule has 167 valence electrons. The fraction of sp³-hybridized carbons (Fsp3) is 0. The Bertz CT molecular complexity index is 1520. The van der Waals surface area contributed by atoms with Gasteiger partial charge in [-0.1, -0.05) is 84.4 Å². The van der Waals surface area contributed by atoms with E-state index in [0.29, 0.717) is 16.9 Å². The van der Waals surface area contributed by atoms with Gasteiger partial charge in [-0.25, -0.2) is 0 Å². The van der Waals surface area contributed by atoms with Crippen LogP contribution in [-0.2, 0) is 20.1 Å². The molecule has 0 saturated heterocycles. The zero-order chi connectivity index (χ0) is 22.2. The van der Waals surface area contributed by atoms with Crippen LogP contribution in [0.4, 0.5) is 4.39 Å². The minimum atomic E-state index is -0.501. The van der Waals surface area contributed by atoms with Gasteiger partial charge in [0.05, 0.1) is 17.3 Å². The van der Waals surface area contributed by atoms with Crippen molar-refractivity contribution < 1.29 is 28.9 Å². The SMILES string of the molecule is Fc1c[c-]c(-c2nccn2-c2c(-c3ccccc3)cccc2-c2ccccc2)c2ncoc12.[Ir]. The molecule has 0 spiro atoms. The monoisotopic (exact) mass is 623 g/mol. The van der Waals surface area contributed by atoms with Gasteiger partial charge in [0.2, 0.25) is 0 Å². The van der Waals surface area contributed by atoms with Gasteiger partial charge in [0.15, 0.2) is 6.39 Å². The molecule has 0 aliphatic heterocycles. The molecule has 0 unspecified atom stereocenters. The molecule has 2 heterocycles. The number of aromatic nitrogens is 3. The molecular weight excluding hydrogens is 606 g/mol. The molecule has 4 aromatic carbocycles. The van der Waals surface area contributed by atoms with Crippen molar-refractivity contribution in [2.24, 2.45) is 0 Å². The van der Waals surface area contributed by atoms with E-state index in [9.17, 15) is 4.39 Å². The van der Waals surface area contributed by atoms with Crippen LogP contribution >= 0.6 is 0 Å². The summed E-state index contributed by atoms with van der Waals surface area (Å²) in [4.78, 5) is 8.86. The predicted octanol–water partition coefficient (Wildman–Crippen LogP) is 6.95. The first-order valence-electron chi connectivity index (χ1n) is 10.5. The van der Waals surface area contributed by atoms with E-state index in [4.69, 9.17) is 4.42 Å². The van der Waals surface area contributed by atoms with E-state index in [-0.39, 0.29) is 25.7 Å². The largest absolute Gasteiger partial charge is 0.461 e. The Balaban J connectivity index is 0.00000241. The summed E-state index contributed by atoms with van der Waals surface area (Å²) in [6, 6.07) is 31.0. The van der Waals surface area contributed by atoms with Crippen LogP contribution in [0.1, 0.15) is 0 Å². The zero-order valence-electron chi connectivity index (χ0n) is 17.8. The summed E-state index contributed by atoms with van der Waals surface area (Å²) in [6.07, 6.45) is 4.88. The number of hydrogen-bond acceptors (Lipinski definition) is 3. The Labute approximate surface area is 209 Å². The van der Waals surface area contributed by atoms with Gasteiger partial charge in [-0.2, -0.15) is 0 Å². The van der Waals surface area contributed by atoms with Crippen LogP contribution in [0.5, 0.6) is 0 Å². The van der Waals surface area contributed by atoms with Crippen LogP contribution in [0.15, 0.2) is 108 Å². The minimum absolute atomic E-state index is 0. The second-order valence-electron chi connectivity index (χ2n) is 7.60. The average molecular weight is 623 g/mol. The summed E-state index contributed by atoms with van der Waals surface area (Å²) < 4.78 is 21.5. The molecule has 1 radical (unpaired) electrons. The summed E-state index contributed by atoms with van der Waals surface area (Å²) >= 11 is 0. The number of nitrogens with zero attached hydrogens (tertiary/aromatic N) is 3. The Morgan fingerprint density at radius 2 is 1.44 bits per heavy atom. The van der Waals surface area contributed by atoms with Crippen LogP contribution in [0.3, 0.4) is 0 Å². The van der Waals surface area contributed by atoms with Crippen LogP contribution in [0, 0.1) is 11.9 Å². The third-order valence-electron chi connectivity index (χ3n) is 5.68. The first kappa shape index (κ1) is 22.0. The first-order chi connectivity index (χ1) is 16.3. The molecule has 2 aromatic heterocycles. The van der Waals surface area contributed by atoms with Gasteiger partial charge < -0.3 is 8.98 Å². The maximum absolute atomic E-state index is 14.2. The Hall–Kier alpha value is -3.86. The molecule has 6 rings (SSSR count). The van der Waals surface area contributed by atoms with Crippen molar-refractivity contribution in [3.8, 4) is 39.3 Å². The number of oxazole rings is 1. The zero-order valence-corrected chi connectivity index (χ0v) is 20.2. The van der Waals surface area contributed by atoms with Crippen molar-refractivity contribution >= 4 is 11.1 Å². The van der Waals surface area contributed by atoms with Gasteiger partial charge in [0, 0.05) is 49.1 Å². The molecule has 0 aliphatic rings. The van der Waals surface area contributed by atoms with Crippen molar-refractivity contribution in [2.45, 2.75) is 0 Å². The van der Waals surface area contributed by atoms with Gasteiger partial charge in [-0.05, 0) is 11.1 Å². The molecule has 6 aromatic rings. The molecule has 34 heavy (non-hydrogen) atoms. The fourth-order valence-corrected chi connectivity index (χ4v) is 4.21. The third-order valence-corrected chi connectivity index (χ3v) is 5.68. The van der Waals surface area contributed by atoms with Crippen molar-refractivity contribution in [3.05, 3.63) is 116 Å². The predicted molar refractivity (Wildman–Crippen MR) is 126 cm³/mol. The molecule has 0 saturated carbocycles. The van der Waals surface area contributed by atoms with Gasteiger partial charge in [0.1, 0.15) is 5.58 Å². The minimum Gasteiger partial charge on any atom is -0.461 e. The molecule has 0 amide bonds. The van der Waals surface area contributed by atoms with Crippen LogP contribution in [0.25, 0.3) is 50.4 Å². The number of halogens is 1. The van der Waals surface area contributed by atoms with Crippen LogP contribution in [0.2, 0.25) is 0 Å². The number of hydrogen-bond donors (Lipinski definition) is 0. The van der Waals surface area contributed by atoms with Gasteiger partial charge >= 0.3 is 0 Å². The molecule has 6 heteroatoms. The number of imidazole rings is 1. The number of fused-ring (bicyclic) bond motifs is 1. The van der Waals surface area contributed by atoms with E-state index in [1.54, 1.807) is 6.20 Å². The first-order valence-corrected chi connectivity index (χ1v) is 10.5. The molecule has 0 atom stereocenters. The quantitative estimate of drug-likeness (QED) is 0.200. The number of rotatable bonds is 4. The maximum Gasteiger partial charge on any atom is 0.170 e.